The number of rotatable bonds is 2. The molecular weight excluding hydrogens is 226 g/mol. The van der Waals surface area contributed by atoms with Crippen molar-refractivity contribution in [1.82, 2.24) is 10.1 Å². The number of anilines is 1. The molecular formula is C14H15N3O. The van der Waals surface area contributed by atoms with Crippen LogP contribution in [0.15, 0.2) is 28.9 Å². The van der Waals surface area contributed by atoms with Crippen molar-refractivity contribution in [2.24, 2.45) is 0 Å². The van der Waals surface area contributed by atoms with Crippen molar-refractivity contribution in [3.05, 3.63) is 35.5 Å². The molecule has 1 fully saturated rings. The van der Waals surface area contributed by atoms with Gasteiger partial charge in [0, 0.05) is 19.1 Å². The molecule has 4 heteroatoms. The van der Waals surface area contributed by atoms with E-state index in [4.69, 9.17) is 10.3 Å². The van der Waals surface area contributed by atoms with E-state index in [-0.39, 0.29) is 0 Å². The minimum absolute atomic E-state index is 0.395. The molecule has 0 unspecified atom stereocenters. The predicted octanol–water partition coefficient (Wildman–Crippen LogP) is 2.40. The summed E-state index contributed by atoms with van der Waals surface area (Å²) in [7, 11) is 0. The molecule has 1 aromatic carbocycles. The van der Waals surface area contributed by atoms with Crippen molar-refractivity contribution in [1.29, 1.82) is 0 Å². The number of hydrogen-bond acceptors (Lipinski definition) is 4. The second-order valence-electron chi connectivity index (χ2n) is 5.22. The number of nitrogen functional groups attached to an aromatic ring is 1. The lowest BCUT2D eigenvalue weighted by molar-refractivity contribution is 0.273. The lowest BCUT2D eigenvalue weighted by atomic mass is 10.0. The molecule has 2 heterocycles. The van der Waals surface area contributed by atoms with E-state index < -0.39 is 0 Å². The van der Waals surface area contributed by atoms with E-state index >= 15 is 0 Å². The standard InChI is InChI=1S/C14H15N3O/c15-14-13(6-16-18-14)9-1-2-10-7-17(12-3-4-12)8-11(10)5-9/h1-2,5-6,12H,3-4,7-8,15H2. The first-order valence-corrected chi connectivity index (χ1v) is 6.37. The number of aromatic nitrogens is 1. The molecule has 2 aliphatic rings. The third kappa shape index (κ3) is 1.53. The van der Waals surface area contributed by atoms with Crippen LogP contribution >= 0.6 is 0 Å². The number of nitrogens with two attached hydrogens (primary N) is 1. The van der Waals surface area contributed by atoms with E-state index in [1.54, 1.807) is 6.20 Å². The highest BCUT2D eigenvalue weighted by Crippen LogP contribution is 2.36. The molecule has 0 amide bonds. The second-order valence-corrected chi connectivity index (χ2v) is 5.22. The maximum absolute atomic E-state index is 5.76. The summed E-state index contributed by atoms with van der Waals surface area (Å²) in [5, 5.41) is 3.73. The monoisotopic (exact) mass is 241 g/mol. The summed E-state index contributed by atoms with van der Waals surface area (Å²) < 4.78 is 4.92. The predicted molar refractivity (Wildman–Crippen MR) is 68.6 cm³/mol. The van der Waals surface area contributed by atoms with Crippen molar-refractivity contribution in [3.8, 4) is 11.1 Å². The third-order valence-electron chi connectivity index (χ3n) is 3.93. The van der Waals surface area contributed by atoms with Gasteiger partial charge in [-0.2, -0.15) is 0 Å². The highest BCUT2D eigenvalue weighted by Gasteiger charge is 2.32. The zero-order valence-corrected chi connectivity index (χ0v) is 10.1. The van der Waals surface area contributed by atoms with E-state index in [1.807, 2.05) is 0 Å². The lowest BCUT2D eigenvalue weighted by Gasteiger charge is -2.11. The summed E-state index contributed by atoms with van der Waals surface area (Å²) >= 11 is 0. The topological polar surface area (TPSA) is 55.3 Å². The Morgan fingerprint density at radius 3 is 2.78 bits per heavy atom. The summed E-state index contributed by atoms with van der Waals surface area (Å²) in [6, 6.07) is 7.36. The van der Waals surface area contributed by atoms with Crippen molar-refractivity contribution in [2.75, 3.05) is 5.73 Å². The van der Waals surface area contributed by atoms with Crippen molar-refractivity contribution < 1.29 is 4.52 Å². The second kappa shape index (κ2) is 3.59. The fraction of sp³-hybridized carbons (Fsp3) is 0.357. The summed E-state index contributed by atoms with van der Waals surface area (Å²) in [5.74, 6) is 0.395. The Hall–Kier alpha value is -1.81. The van der Waals surface area contributed by atoms with Crippen molar-refractivity contribution in [2.45, 2.75) is 32.0 Å². The Bertz CT molecular complexity index is 601. The molecule has 1 aromatic heterocycles. The number of hydrogen-bond donors (Lipinski definition) is 1. The van der Waals surface area contributed by atoms with E-state index in [9.17, 15) is 0 Å². The number of nitrogens with zero attached hydrogens (tertiary/aromatic N) is 2. The largest absolute Gasteiger partial charge is 0.367 e. The molecule has 2 aromatic rings. The maximum atomic E-state index is 5.76. The molecule has 1 aliphatic heterocycles. The van der Waals surface area contributed by atoms with Crippen LogP contribution in [0.25, 0.3) is 11.1 Å². The minimum atomic E-state index is 0.395. The van der Waals surface area contributed by atoms with E-state index in [0.29, 0.717) is 5.88 Å². The molecule has 4 rings (SSSR count). The molecule has 0 atom stereocenters. The molecule has 0 saturated heterocycles. The van der Waals surface area contributed by atoms with Gasteiger partial charge in [0.25, 0.3) is 0 Å². The molecule has 0 spiro atoms. The summed E-state index contributed by atoms with van der Waals surface area (Å²) in [4.78, 5) is 2.56. The summed E-state index contributed by atoms with van der Waals surface area (Å²) in [5.41, 5.74) is 10.6. The molecule has 2 N–H and O–H groups in total. The molecule has 1 saturated carbocycles. The Labute approximate surface area is 105 Å². The zero-order chi connectivity index (χ0) is 12.1. The Balaban J connectivity index is 1.69. The first-order chi connectivity index (χ1) is 8.81. The average molecular weight is 241 g/mol. The van der Waals surface area contributed by atoms with Crippen LogP contribution in [0.1, 0.15) is 24.0 Å². The molecule has 0 radical (unpaired) electrons. The lowest BCUT2D eigenvalue weighted by Crippen LogP contribution is -2.18. The Kier molecular flexibility index (Phi) is 2.02. The van der Waals surface area contributed by atoms with E-state index in [1.165, 1.54) is 24.0 Å². The fourth-order valence-electron chi connectivity index (χ4n) is 2.75. The maximum Gasteiger partial charge on any atom is 0.229 e. The van der Waals surface area contributed by atoms with Gasteiger partial charge < -0.3 is 10.3 Å². The molecule has 18 heavy (non-hydrogen) atoms. The third-order valence-corrected chi connectivity index (χ3v) is 3.93. The van der Waals surface area contributed by atoms with Crippen LogP contribution in [0.2, 0.25) is 0 Å². The SMILES string of the molecule is Nc1oncc1-c1ccc2c(c1)CN(C1CC1)C2. The Morgan fingerprint density at radius 1 is 1.22 bits per heavy atom. The van der Waals surface area contributed by atoms with E-state index in [2.05, 4.69) is 28.3 Å². The average Bonchev–Trinajstić information content (AvgIpc) is 3.00. The minimum Gasteiger partial charge on any atom is -0.367 e. The highest BCUT2D eigenvalue weighted by molar-refractivity contribution is 5.72. The van der Waals surface area contributed by atoms with Gasteiger partial charge in [-0.1, -0.05) is 17.3 Å². The van der Waals surface area contributed by atoms with Gasteiger partial charge in [0.15, 0.2) is 0 Å². The van der Waals surface area contributed by atoms with Gasteiger partial charge in [-0.3, -0.25) is 4.90 Å². The van der Waals surface area contributed by atoms with Crippen LogP contribution in [-0.2, 0) is 13.1 Å². The summed E-state index contributed by atoms with van der Waals surface area (Å²) in [6.07, 6.45) is 4.41. The quantitative estimate of drug-likeness (QED) is 0.877. The first-order valence-electron chi connectivity index (χ1n) is 6.37. The number of benzene rings is 1. The van der Waals surface area contributed by atoms with Crippen LogP contribution in [0.5, 0.6) is 0 Å². The van der Waals surface area contributed by atoms with Gasteiger partial charge in [0.05, 0.1) is 11.8 Å². The van der Waals surface area contributed by atoms with Crippen LogP contribution in [0, 0.1) is 0 Å². The smallest absolute Gasteiger partial charge is 0.229 e. The van der Waals surface area contributed by atoms with Gasteiger partial charge in [0.1, 0.15) is 0 Å². The van der Waals surface area contributed by atoms with Gasteiger partial charge in [-0.15, -0.1) is 0 Å². The molecule has 92 valence electrons. The van der Waals surface area contributed by atoms with Crippen LogP contribution < -0.4 is 5.73 Å². The highest BCUT2D eigenvalue weighted by atomic mass is 16.5. The van der Waals surface area contributed by atoms with Crippen molar-refractivity contribution >= 4 is 5.88 Å². The Morgan fingerprint density at radius 2 is 2.06 bits per heavy atom. The normalized spacial score (nSPS) is 19.1. The van der Waals surface area contributed by atoms with Gasteiger partial charge in [0.2, 0.25) is 5.88 Å². The molecule has 4 nitrogen and oxygen atoms in total. The van der Waals surface area contributed by atoms with Crippen LogP contribution in [0.4, 0.5) is 5.88 Å². The molecule has 0 bridgehead atoms. The van der Waals surface area contributed by atoms with Crippen LogP contribution in [-0.4, -0.2) is 16.1 Å². The van der Waals surface area contributed by atoms with Gasteiger partial charge >= 0.3 is 0 Å². The zero-order valence-electron chi connectivity index (χ0n) is 10.1. The molecule has 1 aliphatic carbocycles. The van der Waals surface area contributed by atoms with Gasteiger partial charge in [-0.25, -0.2) is 0 Å². The number of fused-ring (bicyclic) bond motifs is 1. The van der Waals surface area contributed by atoms with Gasteiger partial charge in [-0.05, 0) is 35.6 Å². The fourth-order valence-corrected chi connectivity index (χ4v) is 2.75. The summed E-state index contributed by atoms with van der Waals surface area (Å²) in [6.45, 7) is 2.17. The van der Waals surface area contributed by atoms with Crippen LogP contribution in [0.3, 0.4) is 0 Å². The first kappa shape index (κ1) is 10.1. The van der Waals surface area contributed by atoms with Crippen molar-refractivity contribution in [3.63, 3.8) is 0 Å². The van der Waals surface area contributed by atoms with E-state index in [0.717, 1.165) is 30.3 Å².